The molecule has 178 valence electrons. The standard InChI is InChI=1S/C23H30ClN5O3S/c1-18(27-13-15-28(16-14-27)22-7-3-4-10-25-22)23(30)26-21-17-19(8-9-20(21)24)33(31,32)29-11-5-2-6-12-29/h3-4,7-10,17-18H,2,5-6,11-16H2,1H3,(H,26,30). The van der Waals surface area contributed by atoms with Gasteiger partial charge >= 0.3 is 0 Å². The van der Waals surface area contributed by atoms with Crippen LogP contribution in [0.1, 0.15) is 26.2 Å². The molecule has 3 heterocycles. The highest BCUT2D eigenvalue weighted by Gasteiger charge is 2.29. The second-order valence-electron chi connectivity index (χ2n) is 8.48. The number of aromatic nitrogens is 1. The van der Waals surface area contributed by atoms with Gasteiger partial charge in [-0.25, -0.2) is 13.4 Å². The van der Waals surface area contributed by atoms with Crippen molar-refractivity contribution in [2.75, 3.05) is 49.5 Å². The van der Waals surface area contributed by atoms with Gasteiger partial charge in [0.15, 0.2) is 0 Å². The van der Waals surface area contributed by atoms with Gasteiger partial charge in [0.1, 0.15) is 5.82 Å². The summed E-state index contributed by atoms with van der Waals surface area (Å²) in [5.41, 5.74) is 0.318. The number of piperazine rings is 1. The number of nitrogens with one attached hydrogen (secondary N) is 1. The summed E-state index contributed by atoms with van der Waals surface area (Å²) < 4.78 is 27.5. The Balaban J connectivity index is 1.40. The van der Waals surface area contributed by atoms with Gasteiger partial charge in [0.2, 0.25) is 15.9 Å². The van der Waals surface area contributed by atoms with Crippen LogP contribution in [0.15, 0.2) is 47.5 Å². The van der Waals surface area contributed by atoms with Crippen LogP contribution in [0.2, 0.25) is 5.02 Å². The molecule has 2 fully saturated rings. The lowest BCUT2D eigenvalue weighted by molar-refractivity contribution is -0.120. The molecule has 33 heavy (non-hydrogen) atoms. The molecule has 0 radical (unpaired) electrons. The van der Waals surface area contributed by atoms with Gasteiger partial charge in [-0.3, -0.25) is 9.69 Å². The van der Waals surface area contributed by atoms with Gasteiger partial charge in [0.05, 0.1) is 21.6 Å². The molecule has 1 aromatic carbocycles. The van der Waals surface area contributed by atoms with E-state index in [0.717, 1.165) is 51.3 Å². The Bertz CT molecular complexity index is 1070. The van der Waals surface area contributed by atoms with E-state index in [9.17, 15) is 13.2 Å². The van der Waals surface area contributed by atoms with Crippen molar-refractivity contribution in [2.24, 2.45) is 0 Å². The van der Waals surface area contributed by atoms with Gasteiger partial charge < -0.3 is 10.2 Å². The zero-order valence-corrected chi connectivity index (χ0v) is 20.4. The second-order valence-corrected chi connectivity index (χ2v) is 10.8. The summed E-state index contributed by atoms with van der Waals surface area (Å²) in [6.45, 7) is 5.90. The largest absolute Gasteiger partial charge is 0.354 e. The number of carbonyl (C=O) groups is 1. The van der Waals surface area contributed by atoms with E-state index in [1.165, 1.54) is 22.5 Å². The quantitative estimate of drug-likeness (QED) is 0.668. The molecule has 10 heteroatoms. The van der Waals surface area contributed by atoms with Crippen LogP contribution in [0, 0.1) is 0 Å². The molecule has 1 atom stereocenters. The van der Waals surface area contributed by atoms with E-state index in [0.29, 0.717) is 23.8 Å². The molecule has 0 bridgehead atoms. The number of benzene rings is 1. The minimum Gasteiger partial charge on any atom is -0.354 e. The summed E-state index contributed by atoms with van der Waals surface area (Å²) in [5, 5.41) is 3.16. The molecule has 0 saturated carbocycles. The Kier molecular flexibility index (Phi) is 7.53. The predicted molar refractivity (Wildman–Crippen MR) is 130 cm³/mol. The number of rotatable bonds is 6. The maximum absolute atomic E-state index is 13.0. The van der Waals surface area contributed by atoms with E-state index >= 15 is 0 Å². The summed E-state index contributed by atoms with van der Waals surface area (Å²) >= 11 is 6.30. The lowest BCUT2D eigenvalue weighted by Gasteiger charge is -2.38. The van der Waals surface area contributed by atoms with Crippen molar-refractivity contribution >= 4 is 39.0 Å². The van der Waals surface area contributed by atoms with Gasteiger partial charge in [-0.2, -0.15) is 4.31 Å². The smallest absolute Gasteiger partial charge is 0.243 e. The third-order valence-electron chi connectivity index (χ3n) is 6.36. The maximum atomic E-state index is 13.0. The molecule has 1 amide bonds. The van der Waals surface area contributed by atoms with Crippen molar-refractivity contribution in [1.29, 1.82) is 0 Å². The Hall–Kier alpha value is -2.20. The first-order valence-electron chi connectivity index (χ1n) is 11.4. The van der Waals surface area contributed by atoms with Crippen LogP contribution >= 0.6 is 11.6 Å². The first-order valence-corrected chi connectivity index (χ1v) is 13.2. The predicted octanol–water partition coefficient (Wildman–Crippen LogP) is 3.06. The van der Waals surface area contributed by atoms with Gasteiger partial charge in [-0.05, 0) is 50.1 Å². The van der Waals surface area contributed by atoms with E-state index in [4.69, 9.17) is 11.6 Å². The first-order chi connectivity index (χ1) is 15.9. The lowest BCUT2D eigenvalue weighted by Crippen LogP contribution is -2.53. The van der Waals surface area contributed by atoms with Crippen molar-refractivity contribution in [3.63, 3.8) is 0 Å². The van der Waals surface area contributed by atoms with E-state index in [1.54, 1.807) is 6.20 Å². The number of piperidine rings is 1. The summed E-state index contributed by atoms with van der Waals surface area (Å²) in [5.74, 6) is 0.725. The van der Waals surface area contributed by atoms with Crippen LogP contribution in [0.4, 0.5) is 11.5 Å². The van der Waals surface area contributed by atoms with E-state index in [-0.39, 0.29) is 16.8 Å². The number of nitrogens with zero attached hydrogens (tertiary/aromatic N) is 4. The summed E-state index contributed by atoms with van der Waals surface area (Å²) in [6, 6.07) is 9.97. The fourth-order valence-corrected chi connectivity index (χ4v) is 6.01. The molecular weight excluding hydrogens is 462 g/mol. The zero-order chi connectivity index (χ0) is 23.4. The second kappa shape index (κ2) is 10.4. The topological polar surface area (TPSA) is 85.8 Å². The summed E-state index contributed by atoms with van der Waals surface area (Å²) in [7, 11) is -3.61. The normalized spacial score (nSPS) is 19.3. The number of sulfonamides is 1. The number of halogens is 1. The van der Waals surface area contributed by atoms with E-state index < -0.39 is 10.0 Å². The van der Waals surface area contributed by atoms with E-state index in [2.05, 4.69) is 20.1 Å². The molecule has 2 aromatic rings. The number of carbonyl (C=O) groups excluding carboxylic acids is 1. The third kappa shape index (κ3) is 5.48. The number of hydrogen-bond acceptors (Lipinski definition) is 6. The number of amides is 1. The Morgan fingerprint density at radius 2 is 1.76 bits per heavy atom. The van der Waals surface area contributed by atoms with Crippen molar-refractivity contribution in [2.45, 2.75) is 37.1 Å². The Labute approximate surface area is 200 Å². The van der Waals surface area contributed by atoms with Gasteiger partial charge in [-0.15, -0.1) is 0 Å². The monoisotopic (exact) mass is 491 g/mol. The number of hydrogen-bond donors (Lipinski definition) is 1. The fourth-order valence-electron chi connectivity index (χ4n) is 4.30. The van der Waals surface area contributed by atoms with Crippen molar-refractivity contribution in [3.05, 3.63) is 47.6 Å². The van der Waals surface area contributed by atoms with Crippen LogP contribution in [0.25, 0.3) is 0 Å². The molecule has 4 rings (SSSR count). The van der Waals surface area contributed by atoms with Crippen LogP contribution < -0.4 is 10.2 Å². The highest BCUT2D eigenvalue weighted by Crippen LogP contribution is 2.28. The molecule has 1 aromatic heterocycles. The highest BCUT2D eigenvalue weighted by atomic mass is 35.5. The minimum atomic E-state index is -3.61. The number of anilines is 2. The minimum absolute atomic E-state index is 0.153. The molecule has 2 aliphatic heterocycles. The maximum Gasteiger partial charge on any atom is 0.243 e. The van der Waals surface area contributed by atoms with Gasteiger partial charge in [0.25, 0.3) is 0 Å². The fraction of sp³-hybridized carbons (Fsp3) is 0.478. The van der Waals surface area contributed by atoms with Crippen LogP contribution in [0.3, 0.4) is 0 Å². The molecule has 0 aliphatic carbocycles. The third-order valence-corrected chi connectivity index (χ3v) is 8.59. The molecular formula is C23H30ClN5O3S. The summed E-state index contributed by atoms with van der Waals surface area (Å²) in [6.07, 6.45) is 4.55. The molecule has 8 nitrogen and oxygen atoms in total. The summed E-state index contributed by atoms with van der Waals surface area (Å²) in [4.78, 5) is 21.8. The van der Waals surface area contributed by atoms with Crippen molar-refractivity contribution in [1.82, 2.24) is 14.2 Å². The molecule has 2 saturated heterocycles. The van der Waals surface area contributed by atoms with Crippen molar-refractivity contribution in [3.8, 4) is 0 Å². The van der Waals surface area contributed by atoms with E-state index in [1.807, 2.05) is 25.1 Å². The Morgan fingerprint density at radius 3 is 2.42 bits per heavy atom. The number of pyridine rings is 1. The zero-order valence-electron chi connectivity index (χ0n) is 18.8. The van der Waals surface area contributed by atoms with Crippen LogP contribution in [0.5, 0.6) is 0 Å². The van der Waals surface area contributed by atoms with Crippen LogP contribution in [-0.4, -0.2) is 73.8 Å². The molecule has 1 N–H and O–H groups in total. The molecule has 1 unspecified atom stereocenters. The van der Waals surface area contributed by atoms with Crippen molar-refractivity contribution < 1.29 is 13.2 Å². The highest BCUT2D eigenvalue weighted by molar-refractivity contribution is 7.89. The lowest BCUT2D eigenvalue weighted by atomic mass is 10.2. The molecule has 0 spiro atoms. The first kappa shape index (κ1) is 23.9. The molecule has 2 aliphatic rings. The average Bonchev–Trinajstić information content (AvgIpc) is 2.86. The SMILES string of the molecule is CC(C(=O)Nc1cc(S(=O)(=O)N2CCCCC2)ccc1Cl)N1CCN(c2ccccn2)CC1. The van der Waals surface area contributed by atoms with Gasteiger partial charge in [-0.1, -0.05) is 24.1 Å². The van der Waals surface area contributed by atoms with Gasteiger partial charge in [0, 0.05) is 45.5 Å². The Morgan fingerprint density at radius 1 is 1.03 bits per heavy atom. The van der Waals surface area contributed by atoms with Crippen LogP contribution in [-0.2, 0) is 14.8 Å². The average molecular weight is 492 g/mol.